The summed E-state index contributed by atoms with van der Waals surface area (Å²) < 4.78 is 0. The molecule has 0 amide bonds. The summed E-state index contributed by atoms with van der Waals surface area (Å²) in [6.07, 6.45) is 5.12. The maximum Gasteiger partial charge on any atom is 0.0406 e. The first kappa shape index (κ1) is 14.8. The van der Waals surface area contributed by atoms with Crippen molar-refractivity contribution in [1.82, 2.24) is 10.2 Å². The third-order valence-electron chi connectivity index (χ3n) is 3.87. The second-order valence-corrected chi connectivity index (χ2v) is 5.83. The van der Waals surface area contributed by atoms with Crippen molar-refractivity contribution in [3.05, 3.63) is 34.9 Å². The zero-order valence-electron chi connectivity index (χ0n) is 11.9. The van der Waals surface area contributed by atoms with Crippen molar-refractivity contribution in [3.8, 4) is 0 Å². The highest BCUT2D eigenvalue weighted by molar-refractivity contribution is 6.30. The number of rotatable bonds is 7. The van der Waals surface area contributed by atoms with Crippen molar-refractivity contribution >= 4 is 11.6 Å². The molecule has 1 atom stereocenters. The zero-order chi connectivity index (χ0) is 13.5. The normalized spacial score (nSPS) is 17.8. The number of benzene rings is 1. The van der Waals surface area contributed by atoms with Crippen molar-refractivity contribution < 1.29 is 0 Å². The Kier molecular flexibility index (Phi) is 6.15. The molecule has 1 N–H and O–H groups in total. The number of halogens is 1. The molecule has 1 aliphatic rings. The third kappa shape index (κ3) is 4.79. The molecular weight excluding hydrogens is 256 g/mol. The van der Waals surface area contributed by atoms with E-state index in [9.17, 15) is 0 Å². The van der Waals surface area contributed by atoms with Crippen molar-refractivity contribution in [2.24, 2.45) is 0 Å². The Balaban J connectivity index is 1.82. The largest absolute Gasteiger partial charge is 0.309 e. The lowest BCUT2D eigenvalue weighted by molar-refractivity contribution is 0.325. The van der Waals surface area contributed by atoms with Gasteiger partial charge in [0.1, 0.15) is 0 Å². The Morgan fingerprint density at radius 3 is 2.53 bits per heavy atom. The molecule has 1 aliphatic heterocycles. The van der Waals surface area contributed by atoms with Gasteiger partial charge in [0, 0.05) is 24.2 Å². The number of likely N-dealkylation sites (tertiary alicyclic amines) is 1. The molecule has 2 rings (SSSR count). The van der Waals surface area contributed by atoms with E-state index in [0.717, 1.165) is 11.6 Å². The number of hydrogen-bond acceptors (Lipinski definition) is 2. The molecule has 0 bridgehead atoms. The van der Waals surface area contributed by atoms with Crippen LogP contribution >= 0.6 is 11.6 Å². The van der Waals surface area contributed by atoms with E-state index in [-0.39, 0.29) is 0 Å². The highest BCUT2D eigenvalue weighted by Gasteiger charge is 2.13. The van der Waals surface area contributed by atoms with E-state index in [1.807, 2.05) is 12.1 Å². The van der Waals surface area contributed by atoms with Gasteiger partial charge in [-0.2, -0.15) is 0 Å². The van der Waals surface area contributed by atoms with Gasteiger partial charge in [-0.1, -0.05) is 37.1 Å². The first-order valence-corrected chi connectivity index (χ1v) is 7.88. The summed E-state index contributed by atoms with van der Waals surface area (Å²) in [6.45, 7) is 7.05. The Hall–Kier alpha value is -0.570. The lowest BCUT2D eigenvalue weighted by atomic mass is 10.0. The minimum atomic E-state index is 0.463. The van der Waals surface area contributed by atoms with Gasteiger partial charge in [-0.05, 0) is 50.0 Å². The fourth-order valence-corrected chi connectivity index (χ4v) is 2.90. The minimum Gasteiger partial charge on any atom is -0.309 e. The van der Waals surface area contributed by atoms with Gasteiger partial charge in [0.2, 0.25) is 0 Å². The lowest BCUT2D eigenvalue weighted by Crippen LogP contribution is -2.32. The first-order valence-electron chi connectivity index (χ1n) is 7.51. The molecule has 0 aliphatic carbocycles. The Bertz CT molecular complexity index is 358. The summed E-state index contributed by atoms with van der Waals surface area (Å²) in [5.74, 6) is 0. The second-order valence-electron chi connectivity index (χ2n) is 5.40. The molecule has 19 heavy (non-hydrogen) atoms. The molecule has 1 heterocycles. The van der Waals surface area contributed by atoms with Crippen LogP contribution in [-0.2, 0) is 0 Å². The quantitative estimate of drug-likeness (QED) is 0.816. The van der Waals surface area contributed by atoms with Gasteiger partial charge in [0.05, 0.1) is 0 Å². The number of nitrogens with zero attached hydrogens (tertiary/aromatic N) is 1. The number of nitrogens with one attached hydrogen (secondary N) is 1. The molecule has 0 radical (unpaired) electrons. The van der Waals surface area contributed by atoms with Crippen molar-refractivity contribution in [2.45, 2.75) is 38.6 Å². The van der Waals surface area contributed by atoms with Gasteiger partial charge in [-0.25, -0.2) is 0 Å². The molecule has 3 heteroatoms. The molecule has 0 aromatic heterocycles. The lowest BCUT2D eigenvalue weighted by Gasteiger charge is -2.21. The molecule has 1 aromatic rings. The molecule has 2 nitrogen and oxygen atoms in total. The van der Waals surface area contributed by atoms with Crippen LogP contribution in [-0.4, -0.2) is 31.1 Å². The van der Waals surface area contributed by atoms with E-state index in [1.165, 1.54) is 50.9 Å². The van der Waals surface area contributed by atoms with Gasteiger partial charge >= 0.3 is 0 Å². The highest BCUT2D eigenvalue weighted by Crippen LogP contribution is 2.20. The van der Waals surface area contributed by atoms with Gasteiger partial charge in [-0.3, -0.25) is 0 Å². The van der Waals surface area contributed by atoms with E-state index in [4.69, 9.17) is 11.6 Å². The van der Waals surface area contributed by atoms with Crippen LogP contribution in [0.3, 0.4) is 0 Å². The maximum atomic E-state index is 5.96. The molecule has 106 valence electrons. The predicted molar refractivity (Wildman–Crippen MR) is 82.8 cm³/mol. The van der Waals surface area contributed by atoms with Crippen LogP contribution in [0.4, 0.5) is 0 Å². The minimum absolute atomic E-state index is 0.463. The van der Waals surface area contributed by atoms with E-state index >= 15 is 0 Å². The van der Waals surface area contributed by atoms with Gasteiger partial charge < -0.3 is 10.2 Å². The summed E-state index contributed by atoms with van der Waals surface area (Å²) >= 11 is 5.96. The van der Waals surface area contributed by atoms with Gasteiger partial charge in [0.15, 0.2) is 0 Å². The fraction of sp³-hybridized carbons (Fsp3) is 0.625. The van der Waals surface area contributed by atoms with Crippen LogP contribution in [0.5, 0.6) is 0 Å². The summed E-state index contributed by atoms with van der Waals surface area (Å²) in [7, 11) is 0. The Morgan fingerprint density at radius 2 is 1.89 bits per heavy atom. The Labute approximate surface area is 122 Å². The van der Waals surface area contributed by atoms with E-state index in [1.54, 1.807) is 0 Å². The van der Waals surface area contributed by atoms with Crippen LogP contribution < -0.4 is 5.32 Å². The second kappa shape index (κ2) is 7.88. The summed E-state index contributed by atoms with van der Waals surface area (Å²) in [5.41, 5.74) is 1.35. The van der Waals surface area contributed by atoms with Crippen LogP contribution in [0.25, 0.3) is 0 Å². The van der Waals surface area contributed by atoms with Gasteiger partial charge in [-0.15, -0.1) is 0 Å². The standard InChI is InChI=1S/C16H25ClN2/c1-2-5-16(14-6-8-15(17)9-7-14)18-10-13-19-11-3-4-12-19/h6-9,16,18H,2-5,10-13H2,1H3. The average Bonchev–Trinajstić information content (AvgIpc) is 2.92. The molecular formula is C16H25ClN2. The molecule has 1 fully saturated rings. The number of hydrogen-bond donors (Lipinski definition) is 1. The monoisotopic (exact) mass is 280 g/mol. The van der Waals surface area contributed by atoms with E-state index in [2.05, 4.69) is 29.3 Å². The smallest absolute Gasteiger partial charge is 0.0406 e. The van der Waals surface area contributed by atoms with Crippen LogP contribution in [0, 0.1) is 0 Å². The topological polar surface area (TPSA) is 15.3 Å². The Morgan fingerprint density at radius 1 is 1.21 bits per heavy atom. The van der Waals surface area contributed by atoms with Gasteiger partial charge in [0.25, 0.3) is 0 Å². The first-order chi connectivity index (χ1) is 9.29. The summed E-state index contributed by atoms with van der Waals surface area (Å²) in [6, 6.07) is 8.73. The van der Waals surface area contributed by atoms with Crippen molar-refractivity contribution in [1.29, 1.82) is 0 Å². The zero-order valence-corrected chi connectivity index (χ0v) is 12.6. The average molecular weight is 281 g/mol. The van der Waals surface area contributed by atoms with E-state index < -0.39 is 0 Å². The van der Waals surface area contributed by atoms with Crippen molar-refractivity contribution in [3.63, 3.8) is 0 Å². The highest BCUT2D eigenvalue weighted by atomic mass is 35.5. The third-order valence-corrected chi connectivity index (χ3v) is 4.12. The fourth-order valence-electron chi connectivity index (χ4n) is 2.77. The van der Waals surface area contributed by atoms with Crippen LogP contribution in [0.2, 0.25) is 5.02 Å². The predicted octanol–water partition coefficient (Wildman–Crippen LogP) is 3.87. The molecule has 1 aromatic carbocycles. The summed E-state index contributed by atoms with van der Waals surface area (Å²) in [4.78, 5) is 2.55. The molecule has 0 spiro atoms. The summed E-state index contributed by atoms with van der Waals surface area (Å²) in [5, 5.41) is 4.51. The van der Waals surface area contributed by atoms with Crippen LogP contribution in [0.15, 0.2) is 24.3 Å². The molecule has 0 saturated carbocycles. The maximum absolute atomic E-state index is 5.96. The van der Waals surface area contributed by atoms with Crippen LogP contribution in [0.1, 0.15) is 44.2 Å². The van der Waals surface area contributed by atoms with E-state index in [0.29, 0.717) is 6.04 Å². The SMILES string of the molecule is CCCC(NCCN1CCCC1)c1ccc(Cl)cc1. The molecule has 1 saturated heterocycles. The molecule has 1 unspecified atom stereocenters. The van der Waals surface area contributed by atoms with Crippen molar-refractivity contribution in [2.75, 3.05) is 26.2 Å².